The molecule has 1 unspecified atom stereocenters. The van der Waals surface area contributed by atoms with Gasteiger partial charge in [-0.05, 0) is 22.9 Å². The maximum absolute atomic E-state index is 13.3. The van der Waals surface area contributed by atoms with E-state index in [2.05, 4.69) is 20.8 Å². The first-order valence-corrected chi connectivity index (χ1v) is 14.1. The van der Waals surface area contributed by atoms with Crippen LogP contribution in [0.1, 0.15) is 6.92 Å². The minimum absolute atomic E-state index is 0.0475. The lowest BCUT2D eigenvalue weighted by Crippen LogP contribution is -2.81. The Hall–Kier alpha value is -2.74. The highest BCUT2D eigenvalue weighted by molar-refractivity contribution is 8.39. The normalized spacial score (nSPS) is 24.6. The molecule has 3 aliphatic rings. The van der Waals surface area contributed by atoms with Crippen molar-refractivity contribution < 1.29 is 38.9 Å². The first-order chi connectivity index (χ1) is 17.5. The molecular weight excluding hydrogens is 571 g/mol. The number of carbonyl (C=O) groups is 5. The van der Waals surface area contributed by atoms with Crippen molar-refractivity contribution in [2.75, 3.05) is 18.1 Å². The van der Waals surface area contributed by atoms with Crippen molar-refractivity contribution >= 4 is 76.7 Å². The van der Waals surface area contributed by atoms with Crippen molar-refractivity contribution in [1.82, 2.24) is 30.4 Å². The Bertz CT molecular complexity index is 1240. The number of fused-ring (bicyclic) bond motifs is 1. The lowest BCUT2D eigenvalue weighted by molar-refractivity contribution is -0.197. The van der Waals surface area contributed by atoms with Gasteiger partial charge in [0, 0.05) is 25.2 Å². The first kappa shape index (κ1) is 27.3. The van der Waals surface area contributed by atoms with Gasteiger partial charge in [-0.3, -0.25) is 19.3 Å². The zero-order chi connectivity index (χ0) is 27.1. The number of carboxylic acid groups (broad SMARTS) is 2. The molecule has 198 valence electrons. The smallest absolute Gasteiger partial charge is 0.352 e. The number of rotatable bonds is 10. The maximum atomic E-state index is 13.3. The van der Waals surface area contributed by atoms with E-state index in [1.54, 1.807) is 14.0 Å². The predicted octanol–water partition coefficient (Wildman–Crippen LogP) is -1.01. The lowest BCUT2D eigenvalue weighted by Gasteiger charge is -2.56. The van der Waals surface area contributed by atoms with E-state index < -0.39 is 50.9 Å². The summed E-state index contributed by atoms with van der Waals surface area (Å²) in [5, 5.41) is 32.4. The fourth-order valence-corrected chi connectivity index (χ4v) is 8.29. The van der Waals surface area contributed by atoms with Gasteiger partial charge in [-0.25, -0.2) is 14.3 Å². The van der Waals surface area contributed by atoms with Crippen LogP contribution in [0.5, 0.6) is 0 Å². The Labute approximate surface area is 225 Å². The van der Waals surface area contributed by atoms with E-state index in [1.165, 1.54) is 28.2 Å². The van der Waals surface area contributed by atoms with E-state index in [0.717, 1.165) is 28.4 Å². The summed E-state index contributed by atoms with van der Waals surface area (Å²) in [7, 11) is 1.65. The van der Waals surface area contributed by atoms with Gasteiger partial charge in [0.05, 0.1) is 4.24 Å². The fourth-order valence-electron chi connectivity index (χ4n) is 3.67. The highest BCUT2D eigenvalue weighted by Crippen LogP contribution is 2.54. The third kappa shape index (κ3) is 4.80. The summed E-state index contributed by atoms with van der Waals surface area (Å²) in [6.07, 6.45) is 0. The second kappa shape index (κ2) is 10.6. The third-order valence-corrected chi connectivity index (χ3v) is 10.6. The van der Waals surface area contributed by atoms with Crippen LogP contribution in [0.2, 0.25) is 0 Å². The molecule has 2 saturated heterocycles. The van der Waals surface area contributed by atoms with Crippen LogP contribution in [0, 0.1) is 0 Å². The molecule has 2 fully saturated rings. The van der Waals surface area contributed by atoms with Crippen LogP contribution in [-0.4, -0.2) is 98.8 Å². The Balaban J connectivity index is 1.52. The number of tetrazole rings is 1. The van der Waals surface area contributed by atoms with Crippen molar-refractivity contribution in [3.05, 3.63) is 21.1 Å². The van der Waals surface area contributed by atoms with E-state index in [9.17, 15) is 29.1 Å². The van der Waals surface area contributed by atoms with Gasteiger partial charge in [0.15, 0.2) is 0 Å². The predicted molar refractivity (Wildman–Crippen MR) is 133 cm³/mol. The van der Waals surface area contributed by atoms with Crippen LogP contribution >= 0.6 is 47.0 Å². The molecule has 0 saturated carbocycles. The molecule has 0 spiro atoms. The highest BCUT2D eigenvalue weighted by atomic mass is 32.3. The van der Waals surface area contributed by atoms with Gasteiger partial charge in [-0.2, -0.15) is 0 Å². The number of hydrogen-bond acceptors (Lipinski definition) is 13. The summed E-state index contributed by atoms with van der Waals surface area (Å²) in [5.41, 5.74) is 2.97. The zero-order valence-corrected chi connectivity index (χ0v) is 22.3. The van der Waals surface area contributed by atoms with Crippen molar-refractivity contribution in [3.63, 3.8) is 0 Å². The van der Waals surface area contributed by atoms with Crippen LogP contribution in [0.3, 0.4) is 0 Å². The number of aromatic nitrogens is 4. The first-order valence-electron chi connectivity index (χ1n) is 10.3. The van der Waals surface area contributed by atoms with Crippen molar-refractivity contribution in [2.45, 2.75) is 27.8 Å². The number of ether oxygens (including phenoxy) is 1. The molecule has 4 rings (SSSR count). The lowest BCUT2D eigenvalue weighted by atomic mass is 9.98. The third-order valence-electron chi connectivity index (χ3n) is 5.26. The number of hydrogen-bond donors (Lipinski definition) is 4. The van der Waals surface area contributed by atoms with E-state index in [4.69, 9.17) is 15.6 Å². The summed E-state index contributed by atoms with van der Waals surface area (Å²) in [4.78, 5) is 62.1. The number of nitrogens with two attached hydrogens (primary N) is 1. The highest BCUT2D eigenvalue weighted by Gasteiger charge is 2.67. The van der Waals surface area contributed by atoms with Crippen LogP contribution in [0.25, 0.3) is 0 Å². The maximum Gasteiger partial charge on any atom is 0.352 e. The molecule has 1 aromatic heterocycles. The Kier molecular flexibility index (Phi) is 7.79. The average molecular weight is 590 g/mol. The molecule has 2 atom stereocenters. The second-order valence-corrected chi connectivity index (χ2v) is 12.3. The van der Waals surface area contributed by atoms with Gasteiger partial charge in [-0.1, -0.05) is 35.3 Å². The molecule has 1 aromatic rings. The summed E-state index contributed by atoms with van der Waals surface area (Å²) in [6, 6.07) is 0. The minimum Gasteiger partial charge on any atom is -0.477 e. The molecule has 15 nitrogen and oxygen atoms in total. The summed E-state index contributed by atoms with van der Waals surface area (Å²) < 4.78 is 6.35. The quantitative estimate of drug-likeness (QED) is 0.0641. The Morgan fingerprint density at radius 2 is 2.00 bits per heavy atom. The number of nitrogens with zero attached hydrogens (tertiary/aromatic N) is 5. The van der Waals surface area contributed by atoms with Crippen LogP contribution in [-0.2, 0) is 35.8 Å². The second-order valence-electron chi connectivity index (χ2n) is 7.53. The largest absolute Gasteiger partial charge is 0.477 e. The molecule has 0 bridgehead atoms. The molecule has 0 aliphatic carbocycles. The molecule has 3 aliphatic heterocycles. The minimum atomic E-state index is -1.80. The number of carboxylic acids is 2. The Morgan fingerprint density at radius 1 is 1.30 bits per heavy atom. The van der Waals surface area contributed by atoms with E-state index in [0.29, 0.717) is 10.7 Å². The molecular formula is C18H19N7O8S4. The van der Waals surface area contributed by atoms with Gasteiger partial charge >= 0.3 is 11.9 Å². The monoisotopic (exact) mass is 589 g/mol. The van der Waals surface area contributed by atoms with Crippen molar-refractivity contribution in [1.29, 1.82) is 0 Å². The molecule has 37 heavy (non-hydrogen) atoms. The van der Waals surface area contributed by atoms with Crippen LogP contribution in [0.4, 0.5) is 0 Å². The van der Waals surface area contributed by atoms with E-state index >= 15 is 0 Å². The summed E-state index contributed by atoms with van der Waals surface area (Å²) in [6.45, 7) is 1.67. The number of primary amides is 1. The number of thioether (sulfide) groups is 4. The summed E-state index contributed by atoms with van der Waals surface area (Å²) >= 11 is 4.10. The molecule has 3 amide bonds. The zero-order valence-electron chi connectivity index (χ0n) is 19.1. The number of carbonyl (C=O) groups excluding carboxylic acids is 3. The number of β-lactam (4-membered cyclic amide) rings is 1. The van der Waals surface area contributed by atoms with E-state index in [-0.39, 0.29) is 28.0 Å². The average Bonchev–Trinajstić information content (AvgIpc) is 3.22. The number of aliphatic carboxylic acids is 2. The topological polar surface area (TPSA) is 220 Å². The number of nitrogens with one attached hydrogen (secondary N) is 1. The Morgan fingerprint density at radius 3 is 2.54 bits per heavy atom. The van der Waals surface area contributed by atoms with Crippen molar-refractivity contribution in [3.8, 4) is 0 Å². The SMILES string of the molecule is CCO[C@@]1(NC(=O)C2SC(=C(C(N)=O)C(=O)O)S2)C(=O)N2C(C(=O)O)=C(CSc3nnnn3C)CSC21. The van der Waals surface area contributed by atoms with Crippen LogP contribution < -0.4 is 11.1 Å². The fraction of sp³-hybridized carbons (Fsp3) is 0.444. The standard InChI is InChI=1S/C18H19N7O8S4/c1-3-33-18(20-10(27)14-36-13(37-14)7(9(19)26)11(28)29)15(32)25-8(12(30)31)6(4-34-16(18)25)5-35-17-21-22-23-24(17)2/h14,16H,3-5H2,1-2H3,(H2,19,26)(H,20,27)(H,28,29)(H,30,31)/t14?,16?,18-/m0/s1. The van der Waals surface area contributed by atoms with Gasteiger partial charge in [0.25, 0.3) is 17.5 Å². The van der Waals surface area contributed by atoms with Crippen molar-refractivity contribution in [2.24, 2.45) is 12.8 Å². The van der Waals surface area contributed by atoms with Gasteiger partial charge in [-0.15, -0.1) is 16.9 Å². The molecule has 0 radical (unpaired) electrons. The van der Waals surface area contributed by atoms with Gasteiger partial charge < -0.3 is 26.0 Å². The van der Waals surface area contributed by atoms with Crippen LogP contribution in [0.15, 0.2) is 26.2 Å². The number of amides is 3. The van der Waals surface area contributed by atoms with Gasteiger partial charge in [0.2, 0.25) is 11.1 Å². The molecule has 0 aromatic carbocycles. The summed E-state index contributed by atoms with van der Waals surface area (Å²) in [5.74, 6) is -4.85. The molecule has 19 heteroatoms. The number of aryl methyl sites for hydroxylation is 1. The van der Waals surface area contributed by atoms with Gasteiger partial charge in [0.1, 0.15) is 21.2 Å². The molecule has 4 heterocycles. The molecule has 5 N–H and O–H groups in total. The van der Waals surface area contributed by atoms with E-state index in [1.807, 2.05) is 0 Å².